The molecule has 4 aromatic carbocycles. The first-order chi connectivity index (χ1) is 25.7. The lowest BCUT2D eigenvalue weighted by atomic mass is 9.93. The predicted molar refractivity (Wildman–Crippen MR) is 207 cm³/mol. The fourth-order valence-electron chi connectivity index (χ4n) is 6.23. The van der Waals surface area contributed by atoms with E-state index in [2.05, 4.69) is 42.7 Å². The number of hydrogen-bond donors (Lipinski definition) is 2. The Bertz CT molecular complexity index is 1960. The molecule has 1 aliphatic heterocycles. The Labute approximate surface area is 321 Å². The first kappa shape index (κ1) is 39.5. The smallest absolute Gasteiger partial charge is 0.323 e. The zero-order valence-corrected chi connectivity index (χ0v) is 31.9. The summed E-state index contributed by atoms with van der Waals surface area (Å²) in [4.78, 5) is 25.9. The van der Waals surface area contributed by atoms with Crippen molar-refractivity contribution in [3.8, 4) is 34.4 Å². The highest BCUT2D eigenvalue weighted by atomic mass is 35.5. The summed E-state index contributed by atoms with van der Waals surface area (Å²) in [7, 11) is 0. The molecule has 1 aliphatic rings. The number of esters is 1. The summed E-state index contributed by atoms with van der Waals surface area (Å²) in [5.41, 5.74) is 7.34. The quantitative estimate of drug-likeness (QED) is 0.0939. The first-order valence-corrected chi connectivity index (χ1v) is 18.8. The minimum absolute atomic E-state index is 0.0698. The first-order valence-electron chi connectivity index (χ1n) is 17.9. The van der Waals surface area contributed by atoms with Gasteiger partial charge >= 0.3 is 5.97 Å². The Hall–Kier alpha value is -4.75. The number of amides is 1. The number of nitrogens with one attached hydrogen (secondary N) is 2. The van der Waals surface area contributed by atoms with Crippen LogP contribution in [0.25, 0.3) is 11.1 Å². The third kappa shape index (κ3) is 10.4. The molecule has 2 N–H and O–H groups in total. The number of nitriles is 1. The van der Waals surface area contributed by atoms with Crippen LogP contribution >= 0.6 is 23.2 Å². The molecular weight excluding hydrogens is 713 g/mol. The van der Waals surface area contributed by atoms with E-state index in [0.29, 0.717) is 77.1 Å². The lowest BCUT2D eigenvalue weighted by molar-refractivity contribution is -0.145. The molecule has 2 bridgehead atoms. The van der Waals surface area contributed by atoms with Crippen molar-refractivity contribution in [3.63, 3.8) is 0 Å². The van der Waals surface area contributed by atoms with Gasteiger partial charge in [-0.15, -0.1) is 11.6 Å². The molecule has 1 amide bonds. The van der Waals surface area contributed by atoms with Crippen LogP contribution in [0.3, 0.4) is 0 Å². The second-order valence-electron chi connectivity index (χ2n) is 12.8. The van der Waals surface area contributed by atoms with Crippen molar-refractivity contribution in [2.24, 2.45) is 0 Å². The number of nitrogens with zero attached hydrogens (tertiary/aromatic N) is 1. The number of hydrogen-bond acceptors (Lipinski definition) is 8. The maximum Gasteiger partial charge on any atom is 0.323 e. The van der Waals surface area contributed by atoms with E-state index in [-0.39, 0.29) is 38.2 Å². The molecule has 1 heterocycles. The number of carbonyl (C=O) groups excluding carboxylic acids is 2. The van der Waals surface area contributed by atoms with Crippen LogP contribution in [0.15, 0.2) is 66.7 Å². The van der Waals surface area contributed by atoms with Crippen molar-refractivity contribution in [2.45, 2.75) is 72.3 Å². The summed E-state index contributed by atoms with van der Waals surface area (Å²) < 4.78 is 24.1. The van der Waals surface area contributed by atoms with E-state index in [1.54, 1.807) is 37.3 Å². The van der Waals surface area contributed by atoms with E-state index in [0.717, 1.165) is 40.0 Å². The highest BCUT2D eigenvalue weighted by Gasteiger charge is 2.22. The van der Waals surface area contributed by atoms with Crippen molar-refractivity contribution in [1.82, 2.24) is 10.6 Å². The van der Waals surface area contributed by atoms with Gasteiger partial charge in [-0.2, -0.15) is 5.26 Å². The van der Waals surface area contributed by atoms with Crippen LogP contribution in [0, 0.1) is 25.2 Å². The van der Waals surface area contributed by atoms with Gasteiger partial charge in [-0.05, 0) is 110 Å². The molecule has 0 saturated heterocycles. The van der Waals surface area contributed by atoms with Crippen LogP contribution in [0.4, 0.5) is 0 Å². The molecule has 0 unspecified atom stereocenters. The monoisotopic (exact) mass is 757 g/mol. The predicted octanol–water partition coefficient (Wildman–Crippen LogP) is 8.60. The summed E-state index contributed by atoms with van der Waals surface area (Å²) in [6.45, 7) is 7.74. The Kier molecular flexibility index (Phi) is 14.4. The molecule has 0 fully saturated rings. The Morgan fingerprint density at radius 2 is 1.79 bits per heavy atom. The van der Waals surface area contributed by atoms with Gasteiger partial charge in [0.05, 0.1) is 29.9 Å². The topological polar surface area (TPSA) is 119 Å². The van der Waals surface area contributed by atoms with E-state index in [1.807, 2.05) is 24.3 Å². The molecule has 1 atom stereocenters. The minimum atomic E-state index is -0.566. The number of alkyl halides is 1. The summed E-state index contributed by atoms with van der Waals surface area (Å²) >= 11 is 12.7. The Balaban J connectivity index is 1.43. The summed E-state index contributed by atoms with van der Waals surface area (Å²) in [5.74, 6) is 1.65. The molecule has 0 saturated carbocycles. The van der Waals surface area contributed by atoms with Crippen molar-refractivity contribution < 1.29 is 28.5 Å². The Morgan fingerprint density at radius 3 is 2.57 bits per heavy atom. The van der Waals surface area contributed by atoms with Crippen molar-refractivity contribution in [2.75, 3.05) is 25.6 Å². The molecule has 5 rings (SSSR count). The van der Waals surface area contributed by atoms with E-state index >= 15 is 0 Å². The lowest BCUT2D eigenvalue weighted by Crippen LogP contribution is -2.38. The molecular formula is C42H45Cl2N3O6. The van der Waals surface area contributed by atoms with Crippen LogP contribution in [0.1, 0.15) is 76.3 Å². The molecule has 9 nitrogen and oxygen atoms in total. The average Bonchev–Trinajstić information content (AvgIpc) is 3.15. The second-order valence-corrected chi connectivity index (χ2v) is 13.6. The van der Waals surface area contributed by atoms with Gasteiger partial charge in [0, 0.05) is 36.2 Å². The van der Waals surface area contributed by atoms with Crippen LogP contribution in [0.5, 0.6) is 17.2 Å². The number of halogens is 2. The number of carbonyl (C=O) groups is 2. The van der Waals surface area contributed by atoms with E-state index in [9.17, 15) is 14.9 Å². The SMILES string of the molecule is CCOC(=O)[C@@H]1CCCCNC(=O)c2cc(C#N)cc(c2)COc2cc(OCc3cccc(-c4cccc(OCCCCl)c4C)c3C)c(Cl)cc2CN1. The molecule has 278 valence electrons. The van der Waals surface area contributed by atoms with Gasteiger partial charge in [-0.1, -0.05) is 41.9 Å². The molecule has 53 heavy (non-hydrogen) atoms. The van der Waals surface area contributed by atoms with Crippen LogP contribution in [0.2, 0.25) is 5.02 Å². The standard InChI is InChI=1S/C42H45Cl2N3O6/c1-4-50-42(49)37-13-5-6-16-46-41(48)32-19-29(23-45)18-30(20-32)25-52-39-22-40(36(44)21-33(39)24-47-37)53-26-31-10-7-11-34(27(31)2)35-12-8-14-38(28(35)3)51-17-9-15-43/h7-8,10-12,14,18-22,37,47H,4-6,9,13,15-17,24-26H2,1-3H3,(H,46,48)/t37-/m0/s1. The minimum Gasteiger partial charge on any atom is -0.493 e. The van der Waals surface area contributed by atoms with Crippen molar-refractivity contribution in [1.29, 1.82) is 5.26 Å². The Morgan fingerprint density at radius 1 is 1.00 bits per heavy atom. The summed E-state index contributed by atoms with van der Waals surface area (Å²) in [5, 5.41) is 16.3. The van der Waals surface area contributed by atoms with Gasteiger partial charge in [0.2, 0.25) is 0 Å². The third-order valence-corrected chi connectivity index (χ3v) is 9.71. The molecule has 0 aliphatic carbocycles. The fraction of sp³-hybridized carbons (Fsp3) is 0.357. The van der Waals surface area contributed by atoms with Crippen LogP contribution in [-0.4, -0.2) is 43.6 Å². The van der Waals surface area contributed by atoms with Gasteiger partial charge in [-0.3, -0.25) is 9.59 Å². The highest BCUT2D eigenvalue weighted by molar-refractivity contribution is 6.32. The number of rotatable bonds is 10. The van der Waals surface area contributed by atoms with E-state index in [1.165, 1.54) is 0 Å². The number of benzene rings is 4. The summed E-state index contributed by atoms with van der Waals surface area (Å²) in [6.07, 6.45) is 2.62. The van der Waals surface area contributed by atoms with Gasteiger partial charge in [-0.25, -0.2) is 0 Å². The molecule has 11 heteroatoms. The van der Waals surface area contributed by atoms with Crippen LogP contribution < -0.4 is 24.8 Å². The zero-order valence-electron chi connectivity index (χ0n) is 30.4. The fourth-order valence-corrected chi connectivity index (χ4v) is 6.58. The average molecular weight is 759 g/mol. The molecule has 0 aromatic heterocycles. The van der Waals surface area contributed by atoms with Crippen molar-refractivity contribution >= 4 is 35.1 Å². The normalized spacial score (nSPS) is 14.9. The maximum atomic E-state index is 13.0. The highest BCUT2D eigenvalue weighted by Crippen LogP contribution is 2.36. The van der Waals surface area contributed by atoms with Crippen LogP contribution in [-0.2, 0) is 29.3 Å². The molecule has 0 radical (unpaired) electrons. The number of ether oxygens (including phenoxy) is 4. The van der Waals surface area contributed by atoms with Gasteiger partial charge in [0.15, 0.2) is 0 Å². The van der Waals surface area contributed by atoms with Gasteiger partial charge in [0.25, 0.3) is 5.91 Å². The van der Waals surface area contributed by atoms with E-state index in [4.69, 9.17) is 42.1 Å². The van der Waals surface area contributed by atoms with Crippen molar-refractivity contribution in [3.05, 3.63) is 111 Å². The van der Waals surface area contributed by atoms with Gasteiger partial charge < -0.3 is 29.6 Å². The maximum absolute atomic E-state index is 13.0. The third-order valence-electron chi connectivity index (χ3n) is 9.15. The zero-order chi connectivity index (χ0) is 37.7. The van der Waals surface area contributed by atoms with Gasteiger partial charge in [0.1, 0.15) is 36.5 Å². The number of fused-ring (bicyclic) bond motifs is 3. The molecule has 0 spiro atoms. The molecule has 4 aromatic rings. The summed E-state index contributed by atoms with van der Waals surface area (Å²) in [6, 6.07) is 22.3. The largest absolute Gasteiger partial charge is 0.493 e. The second kappa shape index (κ2) is 19.4. The lowest BCUT2D eigenvalue weighted by Gasteiger charge is -2.21. The van der Waals surface area contributed by atoms with E-state index < -0.39 is 6.04 Å².